The van der Waals surface area contributed by atoms with Crippen LogP contribution in [0.25, 0.3) is 16.7 Å². The lowest BCUT2D eigenvalue weighted by molar-refractivity contribution is 1.08. The van der Waals surface area contributed by atoms with Crippen LogP contribution in [0.1, 0.15) is 0 Å². The molecule has 0 saturated carbocycles. The SMILES string of the molecule is O=c1[nH]c2ccc(-n3cccc3)cc2[nH]1. The molecule has 0 aliphatic rings. The van der Waals surface area contributed by atoms with Gasteiger partial charge in [-0.25, -0.2) is 4.79 Å². The molecule has 0 amide bonds. The van der Waals surface area contributed by atoms with E-state index in [0.717, 1.165) is 16.7 Å². The highest BCUT2D eigenvalue weighted by atomic mass is 16.1. The van der Waals surface area contributed by atoms with Crippen LogP contribution >= 0.6 is 0 Å². The van der Waals surface area contributed by atoms with E-state index in [0.29, 0.717) is 0 Å². The van der Waals surface area contributed by atoms with Crippen LogP contribution in [-0.2, 0) is 0 Å². The number of imidazole rings is 1. The van der Waals surface area contributed by atoms with E-state index in [1.807, 2.05) is 47.3 Å². The van der Waals surface area contributed by atoms with E-state index in [-0.39, 0.29) is 5.69 Å². The molecule has 15 heavy (non-hydrogen) atoms. The van der Waals surface area contributed by atoms with Crippen molar-refractivity contribution in [2.24, 2.45) is 0 Å². The van der Waals surface area contributed by atoms with E-state index in [1.54, 1.807) is 0 Å². The minimum absolute atomic E-state index is 0.172. The Morgan fingerprint density at radius 3 is 2.53 bits per heavy atom. The van der Waals surface area contributed by atoms with E-state index in [4.69, 9.17) is 0 Å². The summed E-state index contributed by atoms with van der Waals surface area (Å²) in [7, 11) is 0. The van der Waals surface area contributed by atoms with Gasteiger partial charge in [-0.2, -0.15) is 0 Å². The van der Waals surface area contributed by atoms with E-state index in [1.165, 1.54) is 0 Å². The Labute approximate surface area is 85.2 Å². The van der Waals surface area contributed by atoms with Gasteiger partial charge in [0, 0.05) is 18.1 Å². The van der Waals surface area contributed by atoms with Crippen LogP contribution in [0.15, 0.2) is 47.5 Å². The van der Waals surface area contributed by atoms with Gasteiger partial charge < -0.3 is 14.5 Å². The normalized spacial score (nSPS) is 10.9. The molecule has 0 fully saturated rings. The summed E-state index contributed by atoms with van der Waals surface area (Å²) >= 11 is 0. The van der Waals surface area contributed by atoms with Gasteiger partial charge in [0.2, 0.25) is 0 Å². The molecule has 0 spiro atoms. The third kappa shape index (κ3) is 1.27. The summed E-state index contributed by atoms with van der Waals surface area (Å²) in [5, 5.41) is 0. The number of rotatable bonds is 1. The van der Waals surface area contributed by atoms with Crippen molar-refractivity contribution in [3.8, 4) is 5.69 Å². The average molecular weight is 199 g/mol. The smallest absolute Gasteiger partial charge is 0.323 e. The van der Waals surface area contributed by atoms with Crippen molar-refractivity contribution in [1.82, 2.24) is 14.5 Å². The Morgan fingerprint density at radius 1 is 1.00 bits per heavy atom. The zero-order valence-corrected chi connectivity index (χ0v) is 7.90. The molecule has 4 heteroatoms. The molecule has 2 aromatic heterocycles. The van der Waals surface area contributed by atoms with Crippen molar-refractivity contribution < 1.29 is 0 Å². The number of H-pyrrole nitrogens is 2. The first-order chi connectivity index (χ1) is 7.33. The van der Waals surface area contributed by atoms with Gasteiger partial charge in [0.05, 0.1) is 11.0 Å². The number of nitrogens with one attached hydrogen (secondary N) is 2. The van der Waals surface area contributed by atoms with Crippen LogP contribution in [0.3, 0.4) is 0 Å². The topological polar surface area (TPSA) is 53.6 Å². The number of nitrogens with zero attached hydrogens (tertiary/aromatic N) is 1. The standard InChI is InChI=1S/C11H9N3O/c15-11-12-9-4-3-8(7-10(9)13-11)14-5-1-2-6-14/h1-7H,(H2,12,13,15). The molecular weight excluding hydrogens is 190 g/mol. The third-order valence-corrected chi connectivity index (χ3v) is 2.40. The minimum Gasteiger partial charge on any atom is -0.324 e. The highest BCUT2D eigenvalue weighted by Crippen LogP contribution is 2.13. The lowest BCUT2D eigenvalue weighted by atomic mass is 10.3. The van der Waals surface area contributed by atoms with Gasteiger partial charge in [-0.1, -0.05) is 0 Å². The van der Waals surface area contributed by atoms with Crippen molar-refractivity contribution in [3.63, 3.8) is 0 Å². The number of benzene rings is 1. The van der Waals surface area contributed by atoms with Crippen molar-refractivity contribution in [2.45, 2.75) is 0 Å². The van der Waals surface area contributed by atoms with Gasteiger partial charge in [-0.15, -0.1) is 0 Å². The summed E-state index contributed by atoms with van der Waals surface area (Å²) in [6.07, 6.45) is 3.93. The van der Waals surface area contributed by atoms with Gasteiger partial charge in [-0.3, -0.25) is 0 Å². The van der Waals surface area contributed by atoms with Crippen LogP contribution < -0.4 is 5.69 Å². The van der Waals surface area contributed by atoms with Gasteiger partial charge in [0.15, 0.2) is 0 Å². The second-order valence-electron chi connectivity index (χ2n) is 3.40. The summed E-state index contributed by atoms with van der Waals surface area (Å²) in [6, 6.07) is 9.72. The first-order valence-corrected chi connectivity index (χ1v) is 4.68. The monoisotopic (exact) mass is 199 g/mol. The number of hydrogen-bond acceptors (Lipinski definition) is 1. The molecule has 0 aliphatic heterocycles. The Bertz CT molecular complexity index is 646. The summed E-state index contributed by atoms with van der Waals surface area (Å²) in [5.41, 5.74) is 2.51. The molecule has 0 saturated heterocycles. The van der Waals surface area contributed by atoms with Gasteiger partial charge >= 0.3 is 5.69 Å². The fourth-order valence-electron chi connectivity index (χ4n) is 1.69. The van der Waals surface area contributed by atoms with Crippen LogP contribution in [0.4, 0.5) is 0 Å². The lowest BCUT2D eigenvalue weighted by Gasteiger charge is -2.01. The van der Waals surface area contributed by atoms with Crippen LogP contribution in [0, 0.1) is 0 Å². The van der Waals surface area contributed by atoms with Crippen LogP contribution in [0.2, 0.25) is 0 Å². The lowest BCUT2D eigenvalue weighted by Crippen LogP contribution is -1.99. The van der Waals surface area contributed by atoms with E-state index in [9.17, 15) is 4.79 Å². The molecule has 0 bridgehead atoms. The van der Waals surface area contributed by atoms with Crippen LogP contribution in [-0.4, -0.2) is 14.5 Å². The molecular formula is C11H9N3O. The summed E-state index contributed by atoms with van der Waals surface area (Å²) < 4.78 is 1.99. The molecule has 2 heterocycles. The zero-order valence-electron chi connectivity index (χ0n) is 7.90. The minimum atomic E-state index is -0.172. The van der Waals surface area contributed by atoms with Crippen molar-refractivity contribution in [3.05, 3.63) is 53.2 Å². The van der Waals surface area contributed by atoms with Crippen molar-refractivity contribution in [1.29, 1.82) is 0 Å². The van der Waals surface area contributed by atoms with Gasteiger partial charge in [0.1, 0.15) is 0 Å². The van der Waals surface area contributed by atoms with Gasteiger partial charge in [-0.05, 0) is 30.3 Å². The number of hydrogen-bond donors (Lipinski definition) is 2. The molecule has 0 atom stereocenters. The highest BCUT2D eigenvalue weighted by molar-refractivity contribution is 5.76. The number of fused-ring (bicyclic) bond motifs is 1. The molecule has 0 radical (unpaired) electrons. The summed E-state index contributed by atoms with van der Waals surface area (Å²) in [5.74, 6) is 0. The second-order valence-corrected chi connectivity index (χ2v) is 3.40. The molecule has 74 valence electrons. The molecule has 2 N–H and O–H groups in total. The molecule has 4 nitrogen and oxygen atoms in total. The Morgan fingerprint density at radius 2 is 1.73 bits per heavy atom. The second kappa shape index (κ2) is 2.88. The average Bonchev–Trinajstić information content (AvgIpc) is 2.82. The predicted octanol–water partition coefficient (Wildman–Crippen LogP) is 1.65. The van der Waals surface area contributed by atoms with Crippen LogP contribution in [0.5, 0.6) is 0 Å². The first kappa shape index (κ1) is 8.11. The summed E-state index contributed by atoms with van der Waals surface area (Å²) in [4.78, 5) is 16.5. The fraction of sp³-hybridized carbons (Fsp3) is 0. The zero-order chi connectivity index (χ0) is 10.3. The summed E-state index contributed by atoms with van der Waals surface area (Å²) in [6.45, 7) is 0. The fourth-order valence-corrected chi connectivity index (χ4v) is 1.69. The van der Waals surface area contributed by atoms with Gasteiger partial charge in [0.25, 0.3) is 0 Å². The predicted molar refractivity (Wildman–Crippen MR) is 58.2 cm³/mol. The molecule has 3 rings (SSSR count). The maximum Gasteiger partial charge on any atom is 0.323 e. The largest absolute Gasteiger partial charge is 0.324 e. The van der Waals surface area contributed by atoms with E-state index in [2.05, 4.69) is 9.97 Å². The molecule has 1 aromatic carbocycles. The van der Waals surface area contributed by atoms with Crippen molar-refractivity contribution in [2.75, 3.05) is 0 Å². The van der Waals surface area contributed by atoms with E-state index < -0.39 is 0 Å². The maximum absolute atomic E-state index is 11.1. The van der Waals surface area contributed by atoms with E-state index >= 15 is 0 Å². The molecule has 0 aliphatic carbocycles. The number of aromatic nitrogens is 3. The highest BCUT2D eigenvalue weighted by Gasteiger charge is 2.00. The number of aromatic amines is 2. The maximum atomic E-state index is 11.1. The third-order valence-electron chi connectivity index (χ3n) is 2.40. The Hall–Kier alpha value is -2.23. The quantitative estimate of drug-likeness (QED) is 0.615. The molecule has 3 aromatic rings. The Kier molecular flexibility index (Phi) is 1.56. The Balaban J connectivity index is 2.26. The first-order valence-electron chi connectivity index (χ1n) is 4.68. The van der Waals surface area contributed by atoms with Crippen molar-refractivity contribution >= 4 is 11.0 Å². The molecule has 0 unspecified atom stereocenters.